The minimum absolute atomic E-state index is 0.0427. The van der Waals surface area contributed by atoms with Crippen LogP contribution in [-0.4, -0.2) is 43.4 Å². The third-order valence-electron chi connectivity index (χ3n) is 4.16. The Hall–Kier alpha value is -3.24. The molecule has 1 unspecified atom stereocenters. The number of aliphatic hydroxyl groups excluding tert-OH is 1. The lowest BCUT2D eigenvalue weighted by Crippen LogP contribution is -2.33. The lowest BCUT2D eigenvalue weighted by Gasteiger charge is -2.19. The number of nitrogens with one attached hydrogen (secondary N) is 3. The van der Waals surface area contributed by atoms with Crippen molar-refractivity contribution in [2.45, 2.75) is 32.5 Å². The van der Waals surface area contributed by atoms with Crippen LogP contribution in [0.2, 0.25) is 5.02 Å². The maximum atomic E-state index is 14.1. The average Bonchev–Trinajstić information content (AvgIpc) is 3.15. The van der Waals surface area contributed by atoms with E-state index < -0.39 is 11.9 Å². The van der Waals surface area contributed by atoms with E-state index in [0.29, 0.717) is 5.69 Å². The first-order valence-corrected chi connectivity index (χ1v) is 9.96. The van der Waals surface area contributed by atoms with Crippen molar-refractivity contribution in [2.75, 3.05) is 17.2 Å². The van der Waals surface area contributed by atoms with Crippen molar-refractivity contribution >= 4 is 35.0 Å². The highest BCUT2D eigenvalue weighted by Crippen LogP contribution is 2.26. The molecule has 3 aromatic rings. The van der Waals surface area contributed by atoms with Crippen LogP contribution in [0, 0.1) is 5.82 Å². The molecular weight excluding hydrogens is 425 g/mol. The monoisotopic (exact) mass is 447 g/mol. The fourth-order valence-electron chi connectivity index (χ4n) is 2.83. The first kappa shape index (κ1) is 22.4. The van der Waals surface area contributed by atoms with Gasteiger partial charge < -0.3 is 21.1 Å². The standard InChI is InChI=1S/C20H23ClFN7O2/c1-12(2)25-18(31)10-29-9-13(7-24-29)26-20-23-8-15(21)19(28-20)27-17(11-30)14-5-3-4-6-16(14)22/h3-9,12,17,30H,10-11H2,1-2H3,(H,25,31)(H2,23,26,27,28). The molecule has 1 atom stereocenters. The molecule has 3 rings (SSSR count). The van der Waals surface area contributed by atoms with Crippen LogP contribution in [0.15, 0.2) is 42.9 Å². The van der Waals surface area contributed by atoms with Crippen molar-refractivity contribution in [1.29, 1.82) is 0 Å². The number of amides is 1. The van der Waals surface area contributed by atoms with Crippen molar-refractivity contribution in [2.24, 2.45) is 0 Å². The zero-order valence-electron chi connectivity index (χ0n) is 17.0. The Balaban J connectivity index is 1.71. The lowest BCUT2D eigenvalue weighted by atomic mass is 10.1. The van der Waals surface area contributed by atoms with E-state index >= 15 is 0 Å². The molecule has 0 radical (unpaired) electrons. The van der Waals surface area contributed by atoms with Crippen LogP contribution < -0.4 is 16.0 Å². The van der Waals surface area contributed by atoms with E-state index in [-0.39, 0.29) is 47.5 Å². The Labute approximate surface area is 183 Å². The van der Waals surface area contributed by atoms with Gasteiger partial charge >= 0.3 is 0 Å². The van der Waals surface area contributed by atoms with Crippen molar-refractivity contribution in [3.05, 3.63) is 59.3 Å². The number of carbonyl (C=O) groups is 1. The van der Waals surface area contributed by atoms with Gasteiger partial charge in [-0.05, 0) is 19.9 Å². The molecule has 0 spiro atoms. The molecule has 0 bridgehead atoms. The summed E-state index contributed by atoms with van der Waals surface area (Å²) in [6.45, 7) is 3.47. The summed E-state index contributed by atoms with van der Waals surface area (Å²) >= 11 is 6.18. The van der Waals surface area contributed by atoms with Gasteiger partial charge in [0.15, 0.2) is 5.82 Å². The Kier molecular flexibility index (Phi) is 7.37. The molecule has 0 aliphatic rings. The molecule has 0 aliphatic carbocycles. The van der Waals surface area contributed by atoms with Crippen LogP contribution >= 0.6 is 11.6 Å². The van der Waals surface area contributed by atoms with Gasteiger partial charge in [0.05, 0.1) is 30.7 Å². The Morgan fingerprint density at radius 1 is 1.29 bits per heavy atom. The molecule has 2 heterocycles. The summed E-state index contributed by atoms with van der Waals surface area (Å²) in [7, 11) is 0. The number of aromatic nitrogens is 4. The number of aliphatic hydroxyl groups is 1. The SMILES string of the molecule is CC(C)NC(=O)Cn1cc(Nc2ncc(Cl)c(NC(CO)c3ccccc3F)n2)cn1. The van der Waals surface area contributed by atoms with Crippen LogP contribution in [0.5, 0.6) is 0 Å². The topological polar surface area (TPSA) is 117 Å². The molecule has 0 aliphatic heterocycles. The van der Waals surface area contributed by atoms with Gasteiger partial charge in [0.1, 0.15) is 17.4 Å². The van der Waals surface area contributed by atoms with Gasteiger partial charge in [-0.2, -0.15) is 10.1 Å². The number of halogens is 2. The van der Waals surface area contributed by atoms with Gasteiger partial charge in [0, 0.05) is 17.8 Å². The summed E-state index contributed by atoms with van der Waals surface area (Å²) in [5, 5.41) is 22.8. The lowest BCUT2D eigenvalue weighted by molar-refractivity contribution is -0.122. The number of rotatable bonds is 9. The minimum Gasteiger partial charge on any atom is -0.394 e. The quantitative estimate of drug-likeness (QED) is 0.398. The molecule has 0 fully saturated rings. The molecule has 9 nitrogen and oxygen atoms in total. The van der Waals surface area contributed by atoms with Crippen LogP contribution in [0.25, 0.3) is 0 Å². The van der Waals surface area contributed by atoms with E-state index in [1.165, 1.54) is 23.1 Å². The van der Waals surface area contributed by atoms with E-state index in [2.05, 4.69) is 31.0 Å². The van der Waals surface area contributed by atoms with Gasteiger partial charge in [0.2, 0.25) is 11.9 Å². The first-order valence-electron chi connectivity index (χ1n) is 9.59. The summed E-state index contributed by atoms with van der Waals surface area (Å²) in [4.78, 5) is 20.3. The molecule has 11 heteroatoms. The van der Waals surface area contributed by atoms with Crippen LogP contribution in [0.4, 0.5) is 21.8 Å². The third-order valence-corrected chi connectivity index (χ3v) is 4.44. The number of hydrogen-bond donors (Lipinski definition) is 4. The van der Waals surface area contributed by atoms with Gasteiger partial charge in [0.25, 0.3) is 0 Å². The smallest absolute Gasteiger partial charge is 0.241 e. The number of hydrogen-bond acceptors (Lipinski definition) is 7. The highest BCUT2D eigenvalue weighted by atomic mass is 35.5. The maximum Gasteiger partial charge on any atom is 0.241 e. The summed E-state index contributed by atoms with van der Waals surface area (Å²) in [5.41, 5.74) is 0.855. The second kappa shape index (κ2) is 10.2. The minimum atomic E-state index is -0.747. The molecule has 0 saturated carbocycles. The van der Waals surface area contributed by atoms with E-state index in [1.54, 1.807) is 24.4 Å². The molecule has 31 heavy (non-hydrogen) atoms. The van der Waals surface area contributed by atoms with Crippen molar-refractivity contribution in [3.8, 4) is 0 Å². The largest absolute Gasteiger partial charge is 0.394 e. The van der Waals surface area contributed by atoms with Crippen LogP contribution in [-0.2, 0) is 11.3 Å². The molecule has 0 saturated heterocycles. The zero-order valence-corrected chi connectivity index (χ0v) is 17.8. The van der Waals surface area contributed by atoms with Crippen molar-refractivity contribution < 1.29 is 14.3 Å². The predicted molar refractivity (Wildman–Crippen MR) is 116 cm³/mol. The Morgan fingerprint density at radius 3 is 2.77 bits per heavy atom. The maximum absolute atomic E-state index is 14.1. The van der Waals surface area contributed by atoms with E-state index in [0.717, 1.165) is 0 Å². The van der Waals surface area contributed by atoms with E-state index in [9.17, 15) is 14.3 Å². The summed E-state index contributed by atoms with van der Waals surface area (Å²) in [6.07, 6.45) is 4.56. The van der Waals surface area contributed by atoms with E-state index in [4.69, 9.17) is 11.6 Å². The number of benzene rings is 1. The predicted octanol–water partition coefficient (Wildman–Crippen LogP) is 2.88. The second-order valence-electron chi connectivity index (χ2n) is 7.06. The molecule has 4 N–H and O–H groups in total. The fourth-order valence-corrected chi connectivity index (χ4v) is 2.98. The Morgan fingerprint density at radius 2 is 2.06 bits per heavy atom. The van der Waals surface area contributed by atoms with Gasteiger partial charge in [-0.1, -0.05) is 29.8 Å². The van der Waals surface area contributed by atoms with Crippen molar-refractivity contribution in [1.82, 2.24) is 25.1 Å². The normalized spacial score (nSPS) is 11.9. The molecule has 164 valence electrons. The molecule has 1 amide bonds. The Bertz CT molecular complexity index is 1040. The van der Waals surface area contributed by atoms with Crippen LogP contribution in [0.1, 0.15) is 25.5 Å². The molecule has 1 aromatic carbocycles. The number of nitrogens with zero attached hydrogens (tertiary/aromatic N) is 4. The van der Waals surface area contributed by atoms with Gasteiger partial charge in [-0.15, -0.1) is 0 Å². The summed E-state index contributed by atoms with van der Waals surface area (Å²) in [5.74, 6) is -0.165. The highest BCUT2D eigenvalue weighted by Gasteiger charge is 2.17. The number of carbonyl (C=O) groups excluding carboxylic acids is 1. The highest BCUT2D eigenvalue weighted by molar-refractivity contribution is 6.32. The summed E-state index contributed by atoms with van der Waals surface area (Å²) < 4.78 is 15.6. The second-order valence-corrected chi connectivity index (χ2v) is 7.47. The first-order chi connectivity index (χ1) is 14.9. The van der Waals surface area contributed by atoms with E-state index in [1.807, 2.05) is 13.8 Å². The molecule has 2 aromatic heterocycles. The van der Waals surface area contributed by atoms with Gasteiger partial charge in [-0.25, -0.2) is 9.37 Å². The third kappa shape index (κ3) is 6.12. The summed E-state index contributed by atoms with van der Waals surface area (Å²) in [6, 6.07) is 5.43. The average molecular weight is 448 g/mol. The van der Waals surface area contributed by atoms with Crippen LogP contribution in [0.3, 0.4) is 0 Å². The molecular formula is C20H23ClFN7O2. The zero-order chi connectivity index (χ0) is 22.4. The fraction of sp³-hybridized carbons (Fsp3) is 0.300. The van der Waals surface area contributed by atoms with Gasteiger partial charge in [-0.3, -0.25) is 9.48 Å². The number of anilines is 3. The van der Waals surface area contributed by atoms with Crippen molar-refractivity contribution in [3.63, 3.8) is 0 Å².